The SMILES string of the molecule is Brc1cnc(Nc2ccc3ccccc3c2)nc1. The van der Waals surface area contributed by atoms with Crippen molar-refractivity contribution >= 4 is 38.3 Å². The van der Waals surface area contributed by atoms with E-state index in [0.717, 1.165) is 10.2 Å². The lowest BCUT2D eigenvalue weighted by molar-refractivity contribution is 1.15. The maximum Gasteiger partial charge on any atom is 0.227 e. The van der Waals surface area contributed by atoms with Gasteiger partial charge in [0.15, 0.2) is 0 Å². The van der Waals surface area contributed by atoms with Gasteiger partial charge in [0.2, 0.25) is 5.95 Å². The van der Waals surface area contributed by atoms with Crippen LogP contribution in [0.15, 0.2) is 59.3 Å². The summed E-state index contributed by atoms with van der Waals surface area (Å²) in [6.07, 6.45) is 3.44. The van der Waals surface area contributed by atoms with Crippen LogP contribution in [0.1, 0.15) is 0 Å². The highest BCUT2D eigenvalue weighted by atomic mass is 79.9. The molecule has 0 radical (unpaired) electrons. The quantitative estimate of drug-likeness (QED) is 0.773. The average molecular weight is 300 g/mol. The molecule has 0 aliphatic carbocycles. The highest BCUT2D eigenvalue weighted by molar-refractivity contribution is 9.10. The average Bonchev–Trinajstić information content (AvgIpc) is 2.41. The molecule has 4 heteroatoms. The van der Waals surface area contributed by atoms with Gasteiger partial charge in [0.05, 0.1) is 4.47 Å². The van der Waals surface area contributed by atoms with Crippen molar-refractivity contribution in [2.75, 3.05) is 5.32 Å². The van der Waals surface area contributed by atoms with Gasteiger partial charge in [-0.25, -0.2) is 9.97 Å². The van der Waals surface area contributed by atoms with E-state index in [9.17, 15) is 0 Å². The second-order valence-electron chi connectivity index (χ2n) is 3.91. The smallest absolute Gasteiger partial charge is 0.227 e. The Labute approximate surface area is 113 Å². The maximum atomic E-state index is 4.18. The molecule has 0 saturated heterocycles. The van der Waals surface area contributed by atoms with E-state index in [-0.39, 0.29) is 0 Å². The third-order valence-electron chi connectivity index (χ3n) is 2.63. The number of nitrogens with one attached hydrogen (secondary N) is 1. The van der Waals surface area contributed by atoms with Crippen molar-refractivity contribution in [1.82, 2.24) is 9.97 Å². The Morgan fingerprint density at radius 3 is 2.39 bits per heavy atom. The standard InChI is InChI=1S/C14H10BrN3/c15-12-8-16-14(17-9-12)18-13-6-5-10-3-1-2-4-11(10)7-13/h1-9H,(H,16,17,18). The molecule has 0 fully saturated rings. The van der Waals surface area contributed by atoms with Crippen molar-refractivity contribution < 1.29 is 0 Å². The van der Waals surface area contributed by atoms with Crippen LogP contribution < -0.4 is 5.32 Å². The van der Waals surface area contributed by atoms with Crippen LogP contribution in [-0.4, -0.2) is 9.97 Å². The summed E-state index contributed by atoms with van der Waals surface area (Å²) in [5.74, 6) is 0.591. The molecule has 2 aromatic carbocycles. The largest absolute Gasteiger partial charge is 0.324 e. The van der Waals surface area contributed by atoms with Crippen molar-refractivity contribution in [2.45, 2.75) is 0 Å². The summed E-state index contributed by atoms with van der Waals surface area (Å²) < 4.78 is 0.867. The Hall–Kier alpha value is -1.94. The van der Waals surface area contributed by atoms with Gasteiger partial charge in [-0.05, 0) is 38.8 Å². The maximum absolute atomic E-state index is 4.18. The van der Waals surface area contributed by atoms with Crippen LogP contribution >= 0.6 is 15.9 Å². The Kier molecular flexibility index (Phi) is 2.94. The van der Waals surface area contributed by atoms with E-state index < -0.39 is 0 Å². The Balaban J connectivity index is 1.92. The monoisotopic (exact) mass is 299 g/mol. The van der Waals surface area contributed by atoms with E-state index in [0.29, 0.717) is 5.95 Å². The molecule has 0 bridgehead atoms. The number of fused-ring (bicyclic) bond motifs is 1. The van der Waals surface area contributed by atoms with E-state index >= 15 is 0 Å². The van der Waals surface area contributed by atoms with Gasteiger partial charge in [0.1, 0.15) is 0 Å². The number of hydrogen-bond donors (Lipinski definition) is 1. The molecule has 1 heterocycles. The highest BCUT2D eigenvalue weighted by Gasteiger charge is 1.99. The van der Waals surface area contributed by atoms with Crippen molar-refractivity contribution in [2.24, 2.45) is 0 Å². The zero-order valence-corrected chi connectivity index (χ0v) is 11.1. The lowest BCUT2D eigenvalue weighted by atomic mass is 10.1. The molecule has 3 rings (SSSR count). The highest BCUT2D eigenvalue weighted by Crippen LogP contribution is 2.20. The van der Waals surface area contributed by atoms with Gasteiger partial charge in [0, 0.05) is 18.1 Å². The van der Waals surface area contributed by atoms with Crippen molar-refractivity contribution in [3.05, 3.63) is 59.3 Å². The summed E-state index contributed by atoms with van der Waals surface area (Å²) in [6, 6.07) is 14.4. The fourth-order valence-electron chi connectivity index (χ4n) is 1.77. The van der Waals surface area contributed by atoms with E-state index in [1.807, 2.05) is 18.2 Å². The molecule has 3 nitrogen and oxygen atoms in total. The molecule has 3 aromatic rings. The number of aromatic nitrogens is 2. The number of halogens is 1. The lowest BCUT2D eigenvalue weighted by Gasteiger charge is -2.05. The van der Waals surface area contributed by atoms with Gasteiger partial charge in [-0.2, -0.15) is 0 Å². The van der Waals surface area contributed by atoms with Crippen LogP contribution in [0.4, 0.5) is 11.6 Å². The molecule has 0 atom stereocenters. The fraction of sp³-hybridized carbons (Fsp3) is 0. The first-order valence-electron chi connectivity index (χ1n) is 5.55. The molecule has 1 N–H and O–H groups in total. The molecule has 1 aromatic heterocycles. The molecular weight excluding hydrogens is 290 g/mol. The van der Waals surface area contributed by atoms with Crippen LogP contribution in [0, 0.1) is 0 Å². The predicted molar refractivity (Wildman–Crippen MR) is 77.0 cm³/mol. The fourth-order valence-corrected chi connectivity index (χ4v) is 1.98. The van der Waals surface area contributed by atoms with Gasteiger partial charge in [-0.1, -0.05) is 30.3 Å². The normalized spacial score (nSPS) is 10.5. The minimum absolute atomic E-state index is 0.591. The van der Waals surface area contributed by atoms with E-state index in [4.69, 9.17) is 0 Å². The van der Waals surface area contributed by atoms with Gasteiger partial charge in [0.25, 0.3) is 0 Å². The van der Waals surface area contributed by atoms with E-state index in [2.05, 4.69) is 55.5 Å². The molecule has 0 unspecified atom stereocenters. The molecule has 18 heavy (non-hydrogen) atoms. The van der Waals surface area contributed by atoms with E-state index in [1.54, 1.807) is 12.4 Å². The first kappa shape index (κ1) is 11.2. The predicted octanol–water partition coefficient (Wildman–Crippen LogP) is 4.14. The minimum Gasteiger partial charge on any atom is -0.324 e. The first-order valence-corrected chi connectivity index (χ1v) is 6.34. The van der Waals surface area contributed by atoms with Gasteiger partial charge in [-0.3, -0.25) is 0 Å². The second-order valence-corrected chi connectivity index (χ2v) is 4.83. The zero-order chi connectivity index (χ0) is 12.4. The van der Waals surface area contributed by atoms with Crippen LogP contribution in [0.3, 0.4) is 0 Å². The summed E-state index contributed by atoms with van der Waals surface area (Å²) in [5, 5.41) is 5.60. The minimum atomic E-state index is 0.591. The summed E-state index contributed by atoms with van der Waals surface area (Å²) >= 11 is 3.31. The van der Waals surface area contributed by atoms with Crippen molar-refractivity contribution in [1.29, 1.82) is 0 Å². The Bertz CT molecular complexity index is 680. The lowest BCUT2D eigenvalue weighted by Crippen LogP contribution is -1.95. The summed E-state index contributed by atoms with van der Waals surface area (Å²) in [7, 11) is 0. The van der Waals surface area contributed by atoms with Gasteiger partial charge < -0.3 is 5.32 Å². The van der Waals surface area contributed by atoms with Crippen molar-refractivity contribution in [3.63, 3.8) is 0 Å². The first-order chi connectivity index (χ1) is 8.81. The van der Waals surface area contributed by atoms with Crippen LogP contribution in [0.25, 0.3) is 10.8 Å². The topological polar surface area (TPSA) is 37.8 Å². The molecule has 0 spiro atoms. The molecule has 0 amide bonds. The number of hydrogen-bond acceptors (Lipinski definition) is 3. The Morgan fingerprint density at radius 1 is 0.889 bits per heavy atom. The van der Waals surface area contributed by atoms with E-state index in [1.165, 1.54) is 10.8 Å². The molecular formula is C14H10BrN3. The second kappa shape index (κ2) is 4.74. The van der Waals surface area contributed by atoms with Gasteiger partial charge in [-0.15, -0.1) is 0 Å². The van der Waals surface area contributed by atoms with Gasteiger partial charge >= 0.3 is 0 Å². The summed E-state index contributed by atoms with van der Waals surface area (Å²) in [6.45, 7) is 0. The Morgan fingerprint density at radius 2 is 1.61 bits per heavy atom. The molecule has 0 aliphatic heterocycles. The number of nitrogens with zero attached hydrogens (tertiary/aromatic N) is 2. The molecule has 0 saturated carbocycles. The summed E-state index contributed by atoms with van der Waals surface area (Å²) in [4.78, 5) is 8.37. The molecule has 88 valence electrons. The summed E-state index contributed by atoms with van der Waals surface area (Å²) in [5.41, 5.74) is 0.982. The zero-order valence-electron chi connectivity index (χ0n) is 9.47. The van der Waals surface area contributed by atoms with Crippen LogP contribution in [0.2, 0.25) is 0 Å². The third kappa shape index (κ3) is 2.33. The van der Waals surface area contributed by atoms with Crippen LogP contribution in [0.5, 0.6) is 0 Å². The van der Waals surface area contributed by atoms with Crippen molar-refractivity contribution in [3.8, 4) is 0 Å². The number of rotatable bonds is 2. The number of anilines is 2. The number of benzene rings is 2. The molecule has 0 aliphatic rings. The third-order valence-corrected chi connectivity index (χ3v) is 3.04. The van der Waals surface area contributed by atoms with Crippen LogP contribution in [-0.2, 0) is 0 Å².